The fraction of sp³-hybridized carbons (Fsp3) is 0.222. The summed E-state index contributed by atoms with van der Waals surface area (Å²) in [5.41, 5.74) is 0.730. The van der Waals surface area contributed by atoms with Crippen molar-refractivity contribution < 1.29 is 9.53 Å². The molecule has 0 saturated carbocycles. The van der Waals surface area contributed by atoms with E-state index in [-0.39, 0.29) is 11.9 Å². The standard InChI is InChI=1S/C18H16BrN3O2S/c1-18-14(16(23)20-11-5-3-2-4-6-11)15(21-17(25)22-18)12-9-10(19)7-8-13(12)24-18/h2-9,14-15H,1H3,(H,20,23)(H2,21,22,25)/t14-,15+,18+/m0/s1. The topological polar surface area (TPSA) is 62.4 Å². The molecule has 3 atom stereocenters. The molecule has 25 heavy (non-hydrogen) atoms. The molecule has 0 aromatic heterocycles. The van der Waals surface area contributed by atoms with Gasteiger partial charge in [0.25, 0.3) is 0 Å². The number of ether oxygens (including phenoxy) is 1. The molecular formula is C18H16BrN3O2S. The summed E-state index contributed by atoms with van der Waals surface area (Å²) in [6.07, 6.45) is 0. The van der Waals surface area contributed by atoms with Crippen LogP contribution < -0.4 is 20.7 Å². The van der Waals surface area contributed by atoms with E-state index in [9.17, 15) is 4.79 Å². The largest absolute Gasteiger partial charge is 0.467 e. The van der Waals surface area contributed by atoms with E-state index in [0.717, 1.165) is 21.5 Å². The number of rotatable bonds is 2. The van der Waals surface area contributed by atoms with Crippen LogP contribution in [0.1, 0.15) is 18.5 Å². The minimum Gasteiger partial charge on any atom is -0.467 e. The zero-order chi connectivity index (χ0) is 17.6. The van der Waals surface area contributed by atoms with E-state index in [1.54, 1.807) is 0 Å². The Morgan fingerprint density at radius 2 is 2.04 bits per heavy atom. The van der Waals surface area contributed by atoms with Crippen LogP contribution in [0.4, 0.5) is 5.69 Å². The third-order valence-electron chi connectivity index (χ3n) is 4.53. The van der Waals surface area contributed by atoms with Crippen molar-refractivity contribution in [2.24, 2.45) is 5.92 Å². The number of benzene rings is 2. The minimum absolute atomic E-state index is 0.133. The third-order valence-corrected chi connectivity index (χ3v) is 5.24. The molecule has 0 aliphatic carbocycles. The summed E-state index contributed by atoms with van der Waals surface area (Å²) in [6.45, 7) is 1.85. The number of amides is 1. The lowest BCUT2D eigenvalue weighted by molar-refractivity contribution is -0.132. The summed E-state index contributed by atoms with van der Waals surface area (Å²) in [7, 11) is 0. The van der Waals surface area contributed by atoms with Crippen LogP contribution in [0, 0.1) is 5.92 Å². The molecule has 0 unspecified atom stereocenters. The highest BCUT2D eigenvalue weighted by molar-refractivity contribution is 9.10. The van der Waals surface area contributed by atoms with Crippen molar-refractivity contribution in [3.63, 3.8) is 0 Å². The number of anilines is 1. The van der Waals surface area contributed by atoms with E-state index in [2.05, 4.69) is 31.9 Å². The van der Waals surface area contributed by atoms with Gasteiger partial charge in [0.1, 0.15) is 11.7 Å². The highest BCUT2D eigenvalue weighted by Gasteiger charge is 2.54. The van der Waals surface area contributed by atoms with Crippen LogP contribution in [0.25, 0.3) is 0 Å². The Morgan fingerprint density at radius 1 is 1.28 bits per heavy atom. The van der Waals surface area contributed by atoms with E-state index in [1.807, 2.05) is 55.5 Å². The average Bonchev–Trinajstić information content (AvgIpc) is 2.55. The van der Waals surface area contributed by atoms with Crippen molar-refractivity contribution in [3.8, 4) is 5.75 Å². The molecule has 4 rings (SSSR count). The molecule has 7 heteroatoms. The van der Waals surface area contributed by atoms with Gasteiger partial charge in [-0.25, -0.2) is 0 Å². The van der Waals surface area contributed by atoms with Gasteiger partial charge in [0, 0.05) is 15.7 Å². The van der Waals surface area contributed by atoms with Gasteiger partial charge in [0.15, 0.2) is 10.8 Å². The normalized spacial score (nSPS) is 26.6. The molecule has 128 valence electrons. The first-order valence-corrected chi connectivity index (χ1v) is 9.09. The van der Waals surface area contributed by atoms with Crippen molar-refractivity contribution in [2.75, 3.05) is 5.32 Å². The smallest absolute Gasteiger partial charge is 0.236 e. The first-order valence-electron chi connectivity index (χ1n) is 7.89. The molecule has 1 amide bonds. The molecule has 3 N–H and O–H groups in total. The van der Waals surface area contributed by atoms with Crippen LogP contribution >= 0.6 is 28.1 Å². The summed E-state index contributed by atoms with van der Waals surface area (Å²) < 4.78 is 7.09. The summed E-state index contributed by atoms with van der Waals surface area (Å²) in [4.78, 5) is 13.1. The lowest BCUT2D eigenvalue weighted by Crippen LogP contribution is -2.70. The molecule has 0 radical (unpaired) electrons. The van der Waals surface area contributed by atoms with Gasteiger partial charge in [-0.2, -0.15) is 0 Å². The van der Waals surface area contributed by atoms with Gasteiger partial charge in [0.05, 0.1) is 6.04 Å². The highest BCUT2D eigenvalue weighted by Crippen LogP contribution is 2.45. The maximum absolute atomic E-state index is 13.1. The summed E-state index contributed by atoms with van der Waals surface area (Å²) >= 11 is 8.80. The molecule has 2 bridgehead atoms. The van der Waals surface area contributed by atoms with Crippen molar-refractivity contribution in [1.29, 1.82) is 0 Å². The SMILES string of the molecule is C[C@@]12NC(=S)N[C@H](c3cc(Br)ccc3O1)[C@H]2C(=O)Nc1ccccc1. The van der Waals surface area contributed by atoms with E-state index in [1.165, 1.54) is 0 Å². The molecular weight excluding hydrogens is 402 g/mol. The van der Waals surface area contributed by atoms with Gasteiger partial charge in [-0.3, -0.25) is 4.79 Å². The van der Waals surface area contributed by atoms with E-state index in [4.69, 9.17) is 17.0 Å². The second-order valence-electron chi connectivity index (χ2n) is 6.30. The average molecular weight is 418 g/mol. The Morgan fingerprint density at radius 3 is 2.80 bits per heavy atom. The second-order valence-corrected chi connectivity index (χ2v) is 7.62. The Hall–Kier alpha value is -2.12. The number of halogens is 1. The number of hydrogen-bond donors (Lipinski definition) is 3. The predicted molar refractivity (Wildman–Crippen MR) is 103 cm³/mol. The minimum atomic E-state index is -0.924. The van der Waals surface area contributed by atoms with Gasteiger partial charge in [-0.15, -0.1) is 0 Å². The van der Waals surface area contributed by atoms with Gasteiger partial charge in [-0.05, 0) is 49.5 Å². The molecule has 2 aromatic carbocycles. The Labute approximate surface area is 159 Å². The van der Waals surface area contributed by atoms with Crippen LogP contribution in [0.15, 0.2) is 53.0 Å². The number of fused-ring (bicyclic) bond motifs is 4. The highest BCUT2D eigenvalue weighted by atomic mass is 79.9. The van der Waals surface area contributed by atoms with Crippen molar-refractivity contribution in [3.05, 3.63) is 58.6 Å². The summed E-state index contributed by atoms with van der Waals surface area (Å²) in [6, 6.07) is 14.9. The lowest BCUT2D eigenvalue weighted by Gasteiger charge is -2.50. The maximum Gasteiger partial charge on any atom is 0.236 e. The van der Waals surface area contributed by atoms with Crippen molar-refractivity contribution in [1.82, 2.24) is 10.6 Å². The first kappa shape index (κ1) is 16.4. The molecule has 2 heterocycles. The zero-order valence-electron chi connectivity index (χ0n) is 13.4. The van der Waals surface area contributed by atoms with Gasteiger partial charge >= 0.3 is 0 Å². The first-order chi connectivity index (χ1) is 12.0. The molecule has 1 saturated heterocycles. The maximum atomic E-state index is 13.1. The number of nitrogens with one attached hydrogen (secondary N) is 3. The van der Waals surface area contributed by atoms with Crippen LogP contribution in [0.5, 0.6) is 5.75 Å². The molecule has 5 nitrogen and oxygen atoms in total. The fourth-order valence-electron chi connectivity index (χ4n) is 3.45. The number of carbonyl (C=O) groups excluding carboxylic acids is 1. The van der Waals surface area contributed by atoms with Gasteiger partial charge in [0.2, 0.25) is 5.91 Å². The van der Waals surface area contributed by atoms with Crippen LogP contribution in [0.2, 0.25) is 0 Å². The van der Waals surface area contributed by atoms with Crippen LogP contribution in [-0.4, -0.2) is 16.7 Å². The second kappa shape index (κ2) is 6.00. The summed E-state index contributed by atoms with van der Waals surface area (Å²) in [5, 5.41) is 9.80. The zero-order valence-corrected chi connectivity index (χ0v) is 15.8. The Kier molecular flexibility index (Phi) is 3.92. The summed E-state index contributed by atoms with van der Waals surface area (Å²) in [5.74, 6) is 0.106. The quantitative estimate of drug-likeness (QED) is 0.654. The Bertz CT molecular complexity index is 861. The molecule has 2 aromatic rings. The van der Waals surface area contributed by atoms with Crippen molar-refractivity contribution in [2.45, 2.75) is 18.7 Å². The van der Waals surface area contributed by atoms with Crippen molar-refractivity contribution >= 4 is 44.9 Å². The molecule has 2 aliphatic rings. The Balaban J connectivity index is 1.74. The molecule has 2 aliphatic heterocycles. The lowest BCUT2D eigenvalue weighted by atomic mass is 9.80. The van der Waals surface area contributed by atoms with Gasteiger partial charge < -0.3 is 20.7 Å². The number of carbonyl (C=O) groups is 1. The van der Waals surface area contributed by atoms with E-state index >= 15 is 0 Å². The molecule has 0 spiro atoms. The van der Waals surface area contributed by atoms with Gasteiger partial charge in [-0.1, -0.05) is 34.1 Å². The predicted octanol–water partition coefficient (Wildman–Crippen LogP) is 3.33. The van der Waals surface area contributed by atoms with E-state index in [0.29, 0.717) is 5.11 Å². The van der Waals surface area contributed by atoms with Crippen LogP contribution in [-0.2, 0) is 4.79 Å². The fourth-order valence-corrected chi connectivity index (χ4v) is 4.16. The van der Waals surface area contributed by atoms with Crippen LogP contribution in [0.3, 0.4) is 0 Å². The number of para-hydroxylation sites is 1. The number of thiocarbonyl (C=S) groups is 1. The number of hydrogen-bond acceptors (Lipinski definition) is 3. The van der Waals surface area contributed by atoms with E-state index < -0.39 is 11.6 Å². The molecule has 1 fully saturated rings. The monoisotopic (exact) mass is 417 g/mol. The third kappa shape index (κ3) is 2.87.